The van der Waals surface area contributed by atoms with Gasteiger partial charge >= 0.3 is 0 Å². The van der Waals surface area contributed by atoms with E-state index in [-0.39, 0.29) is 0 Å². The van der Waals surface area contributed by atoms with Crippen molar-refractivity contribution in [2.75, 3.05) is 6.61 Å². The molecule has 0 amide bonds. The van der Waals surface area contributed by atoms with E-state index in [1.807, 2.05) is 12.1 Å². The molecule has 0 aromatic carbocycles. The molecular formula is C12H18ClNO. The average molecular weight is 228 g/mol. The molecule has 1 aromatic rings. The van der Waals surface area contributed by atoms with Gasteiger partial charge in [0.1, 0.15) is 5.75 Å². The van der Waals surface area contributed by atoms with Crippen LogP contribution in [0.1, 0.15) is 32.4 Å². The highest BCUT2D eigenvalue weighted by molar-refractivity contribution is 6.16. The van der Waals surface area contributed by atoms with Crippen molar-refractivity contribution < 1.29 is 4.74 Å². The summed E-state index contributed by atoms with van der Waals surface area (Å²) in [4.78, 5) is 4.11. The summed E-state index contributed by atoms with van der Waals surface area (Å²) < 4.78 is 5.66. The Morgan fingerprint density at radius 3 is 3.00 bits per heavy atom. The Hall–Kier alpha value is -0.760. The molecule has 0 aliphatic carbocycles. The Morgan fingerprint density at radius 1 is 1.53 bits per heavy atom. The molecule has 0 saturated heterocycles. The van der Waals surface area contributed by atoms with Gasteiger partial charge in [-0.2, -0.15) is 0 Å². The Morgan fingerprint density at radius 2 is 2.33 bits per heavy atom. The Kier molecular flexibility index (Phi) is 5.48. The number of nitrogens with zero attached hydrogens (tertiary/aromatic N) is 1. The minimum Gasteiger partial charge on any atom is -0.493 e. The molecule has 0 N–H and O–H groups in total. The standard InChI is InChI=1S/C12H18ClNO/c1-3-4-10(2)9-15-12-5-6-14-11(7-12)8-13/h5-7,10H,3-4,8-9H2,1-2H3. The van der Waals surface area contributed by atoms with Crippen molar-refractivity contribution in [3.05, 3.63) is 24.0 Å². The first-order valence-electron chi connectivity index (χ1n) is 5.40. The second-order valence-electron chi connectivity index (χ2n) is 3.82. The van der Waals surface area contributed by atoms with E-state index >= 15 is 0 Å². The van der Waals surface area contributed by atoms with Crippen LogP contribution in [-0.2, 0) is 5.88 Å². The first-order chi connectivity index (χ1) is 7.26. The summed E-state index contributed by atoms with van der Waals surface area (Å²) in [5.74, 6) is 1.90. The van der Waals surface area contributed by atoms with E-state index in [1.165, 1.54) is 12.8 Å². The van der Waals surface area contributed by atoms with E-state index in [0.717, 1.165) is 18.1 Å². The number of hydrogen-bond donors (Lipinski definition) is 0. The lowest BCUT2D eigenvalue weighted by Gasteiger charge is -2.12. The number of alkyl halides is 1. The Bertz CT molecular complexity index is 291. The van der Waals surface area contributed by atoms with Crippen LogP contribution in [0.3, 0.4) is 0 Å². The van der Waals surface area contributed by atoms with Crippen molar-refractivity contribution in [1.29, 1.82) is 0 Å². The van der Waals surface area contributed by atoms with E-state index < -0.39 is 0 Å². The van der Waals surface area contributed by atoms with E-state index in [4.69, 9.17) is 16.3 Å². The Labute approximate surface area is 96.6 Å². The van der Waals surface area contributed by atoms with Crippen LogP contribution in [0.5, 0.6) is 5.75 Å². The van der Waals surface area contributed by atoms with Crippen molar-refractivity contribution in [2.45, 2.75) is 32.6 Å². The maximum atomic E-state index is 5.69. The molecule has 3 heteroatoms. The van der Waals surface area contributed by atoms with Gasteiger partial charge in [0.15, 0.2) is 0 Å². The van der Waals surface area contributed by atoms with Crippen LogP contribution < -0.4 is 4.74 Å². The number of pyridine rings is 1. The number of aromatic nitrogens is 1. The molecule has 84 valence electrons. The van der Waals surface area contributed by atoms with Crippen LogP contribution in [0.4, 0.5) is 0 Å². The largest absolute Gasteiger partial charge is 0.493 e. The first kappa shape index (κ1) is 12.3. The third-order valence-electron chi connectivity index (χ3n) is 2.24. The summed E-state index contributed by atoms with van der Waals surface area (Å²) in [6, 6.07) is 3.76. The molecule has 2 nitrogen and oxygen atoms in total. The highest BCUT2D eigenvalue weighted by Crippen LogP contribution is 2.14. The molecule has 0 fully saturated rings. The second kappa shape index (κ2) is 6.67. The molecule has 0 bridgehead atoms. The van der Waals surface area contributed by atoms with Gasteiger partial charge in [0.25, 0.3) is 0 Å². The van der Waals surface area contributed by atoms with Gasteiger partial charge in [-0.1, -0.05) is 20.3 Å². The zero-order valence-electron chi connectivity index (χ0n) is 9.37. The fourth-order valence-corrected chi connectivity index (χ4v) is 1.58. The molecule has 0 spiro atoms. The highest BCUT2D eigenvalue weighted by atomic mass is 35.5. The van der Waals surface area contributed by atoms with Gasteiger partial charge in [-0.05, 0) is 18.4 Å². The summed E-state index contributed by atoms with van der Waals surface area (Å²) in [6.45, 7) is 5.15. The van der Waals surface area contributed by atoms with E-state index in [9.17, 15) is 0 Å². The number of hydrogen-bond acceptors (Lipinski definition) is 2. The van der Waals surface area contributed by atoms with Crippen LogP contribution in [-0.4, -0.2) is 11.6 Å². The van der Waals surface area contributed by atoms with Crippen molar-refractivity contribution in [3.8, 4) is 5.75 Å². The topological polar surface area (TPSA) is 22.1 Å². The summed E-state index contributed by atoms with van der Waals surface area (Å²) in [6.07, 6.45) is 4.14. The molecule has 0 radical (unpaired) electrons. The minimum atomic E-state index is 0.432. The van der Waals surface area contributed by atoms with E-state index in [1.54, 1.807) is 6.20 Å². The minimum absolute atomic E-state index is 0.432. The maximum Gasteiger partial charge on any atom is 0.122 e. The third kappa shape index (κ3) is 4.52. The highest BCUT2D eigenvalue weighted by Gasteiger charge is 2.02. The SMILES string of the molecule is CCCC(C)COc1ccnc(CCl)c1. The number of halogens is 1. The molecule has 0 aliphatic rings. The van der Waals surface area contributed by atoms with Crippen LogP contribution in [0.25, 0.3) is 0 Å². The van der Waals surface area contributed by atoms with Gasteiger partial charge in [-0.25, -0.2) is 0 Å². The fourth-order valence-electron chi connectivity index (χ4n) is 1.43. The van der Waals surface area contributed by atoms with E-state index in [2.05, 4.69) is 18.8 Å². The van der Waals surface area contributed by atoms with E-state index in [0.29, 0.717) is 11.8 Å². The maximum absolute atomic E-state index is 5.69. The molecule has 1 atom stereocenters. The van der Waals surface area contributed by atoms with Crippen molar-refractivity contribution >= 4 is 11.6 Å². The molecule has 15 heavy (non-hydrogen) atoms. The first-order valence-corrected chi connectivity index (χ1v) is 5.93. The van der Waals surface area contributed by atoms with Gasteiger partial charge < -0.3 is 4.74 Å². The lowest BCUT2D eigenvalue weighted by Crippen LogP contribution is -2.08. The lowest BCUT2D eigenvalue weighted by molar-refractivity contribution is 0.251. The van der Waals surface area contributed by atoms with Gasteiger partial charge in [0.2, 0.25) is 0 Å². The summed E-state index contributed by atoms with van der Waals surface area (Å²) in [7, 11) is 0. The summed E-state index contributed by atoms with van der Waals surface area (Å²) in [5.41, 5.74) is 0.859. The molecule has 0 saturated carbocycles. The van der Waals surface area contributed by atoms with Gasteiger partial charge in [0.05, 0.1) is 18.2 Å². The molecule has 1 aromatic heterocycles. The molecule has 0 aliphatic heterocycles. The number of ether oxygens (including phenoxy) is 1. The predicted molar refractivity (Wildman–Crippen MR) is 63.4 cm³/mol. The van der Waals surface area contributed by atoms with Gasteiger partial charge in [0, 0.05) is 12.3 Å². The van der Waals surface area contributed by atoms with Crippen LogP contribution >= 0.6 is 11.6 Å². The molecule has 1 heterocycles. The number of rotatable bonds is 6. The summed E-state index contributed by atoms with van der Waals surface area (Å²) in [5, 5.41) is 0. The van der Waals surface area contributed by atoms with Crippen LogP contribution in [0.2, 0.25) is 0 Å². The summed E-state index contributed by atoms with van der Waals surface area (Å²) >= 11 is 5.69. The van der Waals surface area contributed by atoms with Crippen LogP contribution in [0, 0.1) is 5.92 Å². The van der Waals surface area contributed by atoms with Gasteiger partial charge in [-0.3, -0.25) is 4.98 Å². The third-order valence-corrected chi connectivity index (χ3v) is 2.51. The van der Waals surface area contributed by atoms with Crippen LogP contribution in [0.15, 0.2) is 18.3 Å². The van der Waals surface area contributed by atoms with Crippen molar-refractivity contribution in [1.82, 2.24) is 4.98 Å². The molecule has 1 unspecified atom stereocenters. The zero-order chi connectivity index (χ0) is 11.1. The Balaban J connectivity index is 2.43. The van der Waals surface area contributed by atoms with Gasteiger partial charge in [-0.15, -0.1) is 11.6 Å². The molecule has 1 rings (SSSR count). The average Bonchev–Trinajstić information content (AvgIpc) is 2.27. The predicted octanol–water partition coefficient (Wildman–Crippen LogP) is 3.64. The quantitative estimate of drug-likeness (QED) is 0.693. The normalized spacial score (nSPS) is 12.5. The fraction of sp³-hybridized carbons (Fsp3) is 0.583. The molecular weight excluding hydrogens is 210 g/mol. The smallest absolute Gasteiger partial charge is 0.122 e. The monoisotopic (exact) mass is 227 g/mol. The lowest BCUT2D eigenvalue weighted by atomic mass is 10.1. The van der Waals surface area contributed by atoms with Crippen molar-refractivity contribution in [2.24, 2.45) is 5.92 Å². The van der Waals surface area contributed by atoms with Crippen molar-refractivity contribution in [3.63, 3.8) is 0 Å². The zero-order valence-corrected chi connectivity index (χ0v) is 10.1. The second-order valence-corrected chi connectivity index (χ2v) is 4.09.